The molecule has 10 heteroatoms. The summed E-state index contributed by atoms with van der Waals surface area (Å²) in [5.74, 6) is -0.647. The van der Waals surface area contributed by atoms with Crippen LogP contribution in [-0.4, -0.2) is 31.3 Å². The summed E-state index contributed by atoms with van der Waals surface area (Å²) >= 11 is 0. The summed E-state index contributed by atoms with van der Waals surface area (Å²) in [4.78, 5) is 38.4. The van der Waals surface area contributed by atoms with Gasteiger partial charge in [0.25, 0.3) is 17.3 Å². The predicted octanol–water partition coefficient (Wildman–Crippen LogP) is 3.36. The van der Waals surface area contributed by atoms with Gasteiger partial charge in [0.05, 0.1) is 26.4 Å². The highest BCUT2D eigenvalue weighted by atomic mass is 16.6. The number of benzene rings is 2. The van der Waals surface area contributed by atoms with Gasteiger partial charge >= 0.3 is 0 Å². The van der Waals surface area contributed by atoms with Crippen molar-refractivity contribution in [2.24, 2.45) is 0 Å². The normalized spacial score (nSPS) is 10.9. The van der Waals surface area contributed by atoms with E-state index in [1.54, 1.807) is 38.1 Å². The quantitative estimate of drug-likeness (QED) is 0.538. The zero-order chi connectivity index (χ0) is 19.7. The number of carbonyl (C=O) groups excluding carboxylic acids is 1. The summed E-state index contributed by atoms with van der Waals surface area (Å²) in [5.41, 5.74) is -0.417. The monoisotopic (exact) mass is 369 g/mol. The number of nitrogens with zero attached hydrogens (tertiary/aromatic N) is 4. The van der Waals surface area contributed by atoms with E-state index in [-0.39, 0.29) is 17.3 Å². The third kappa shape index (κ3) is 3.32. The first kappa shape index (κ1) is 18.0. The molecule has 0 unspecified atom stereocenters. The topological polar surface area (TPSA) is 133 Å². The number of rotatable bonds is 5. The van der Waals surface area contributed by atoms with Gasteiger partial charge in [-0.05, 0) is 26.0 Å². The van der Waals surface area contributed by atoms with Gasteiger partial charge in [0.2, 0.25) is 0 Å². The van der Waals surface area contributed by atoms with E-state index < -0.39 is 27.1 Å². The SMILES string of the molecule is CC(C)Nc1c([N+](=O)[O-])cc(C(=O)n2cnc3ccccc32)cc1[N+](=O)[O-]. The van der Waals surface area contributed by atoms with Crippen molar-refractivity contribution in [1.29, 1.82) is 0 Å². The first-order chi connectivity index (χ1) is 12.8. The lowest BCUT2D eigenvalue weighted by Crippen LogP contribution is -2.16. The molecule has 0 atom stereocenters. The predicted molar refractivity (Wildman–Crippen MR) is 98.0 cm³/mol. The molecule has 0 spiro atoms. The summed E-state index contributed by atoms with van der Waals surface area (Å²) in [7, 11) is 0. The number of para-hydroxylation sites is 2. The maximum Gasteiger partial charge on any atom is 0.300 e. The first-order valence-corrected chi connectivity index (χ1v) is 7.99. The average molecular weight is 369 g/mol. The lowest BCUT2D eigenvalue weighted by molar-refractivity contribution is -0.392. The molecule has 0 aliphatic rings. The van der Waals surface area contributed by atoms with Gasteiger partial charge in [0, 0.05) is 18.2 Å². The molecule has 2 aromatic carbocycles. The Balaban J connectivity index is 2.19. The molecule has 27 heavy (non-hydrogen) atoms. The fourth-order valence-electron chi connectivity index (χ4n) is 2.72. The molecule has 0 radical (unpaired) electrons. The number of carbonyl (C=O) groups is 1. The zero-order valence-corrected chi connectivity index (χ0v) is 14.4. The van der Waals surface area contributed by atoms with Crippen molar-refractivity contribution in [3.05, 3.63) is 68.5 Å². The fraction of sp³-hybridized carbons (Fsp3) is 0.176. The van der Waals surface area contributed by atoms with E-state index in [0.717, 1.165) is 12.1 Å². The standard InChI is InChI=1S/C17H15N5O5/c1-10(2)19-16-14(21(24)25)7-11(8-15(16)22(26)27)17(23)20-9-18-12-5-3-4-6-13(12)20/h3-10,19H,1-2H3. The molecule has 10 nitrogen and oxygen atoms in total. The number of aromatic nitrogens is 2. The maximum absolute atomic E-state index is 12.9. The highest BCUT2D eigenvalue weighted by Gasteiger charge is 2.29. The number of fused-ring (bicyclic) bond motifs is 1. The van der Waals surface area contributed by atoms with Gasteiger partial charge < -0.3 is 5.32 Å². The van der Waals surface area contributed by atoms with E-state index in [1.165, 1.54) is 10.9 Å². The number of nitrogens with one attached hydrogen (secondary N) is 1. The van der Waals surface area contributed by atoms with Crippen LogP contribution in [0.2, 0.25) is 0 Å². The molecule has 0 bridgehead atoms. The molecular weight excluding hydrogens is 354 g/mol. The summed E-state index contributed by atoms with van der Waals surface area (Å²) in [5, 5.41) is 25.6. The summed E-state index contributed by atoms with van der Waals surface area (Å²) in [6, 6.07) is 8.64. The number of imidazole rings is 1. The second kappa shape index (κ2) is 6.83. The molecule has 1 aromatic heterocycles. The maximum atomic E-state index is 12.9. The third-order valence-electron chi connectivity index (χ3n) is 3.84. The summed E-state index contributed by atoms with van der Waals surface area (Å²) < 4.78 is 1.20. The Kier molecular flexibility index (Phi) is 4.55. The highest BCUT2D eigenvalue weighted by molar-refractivity contribution is 6.03. The van der Waals surface area contributed by atoms with Crippen LogP contribution in [0.25, 0.3) is 11.0 Å². The van der Waals surface area contributed by atoms with Crippen molar-refractivity contribution in [3.63, 3.8) is 0 Å². The van der Waals surface area contributed by atoms with Gasteiger partial charge in [-0.3, -0.25) is 29.6 Å². The van der Waals surface area contributed by atoms with E-state index in [9.17, 15) is 25.0 Å². The Bertz CT molecular complexity index is 1040. The molecule has 1 heterocycles. The van der Waals surface area contributed by atoms with Gasteiger partial charge in [-0.15, -0.1) is 0 Å². The number of hydrogen-bond donors (Lipinski definition) is 1. The van der Waals surface area contributed by atoms with Crippen LogP contribution in [0.4, 0.5) is 17.1 Å². The van der Waals surface area contributed by atoms with Gasteiger partial charge in [-0.2, -0.15) is 0 Å². The van der Waals surface area contributed by atoms with Crippen LogP contribution in [0, 0.1) is 20.2 Å². The van der Waals surface area contributed by atoms with Crippen molar-refractivity contribution in [3.8, 4) is 0 Å². The van der Waals surface area contributed by atoms with Crippen LogP contribution >= 0.6 is 0 Å². The van der Waals surface area contributed by atoms with E-state index in [1.807, 2.05) is 0 Å². The molecular formula is C17H15N5O5. The van der Waals surface area contributed by atoms with Crippen molar-refractivity contribution in [2.75, 3.05) is 5.32 Å². The van der Waals surface area contributed by atoms with Crippen LogP contribution in [0.1, 0.15) is 24.2 Å². The Hall–Kier alpha value is -3.82. The Morgan fingerprint density at radius 1 is 1.11 bits per heavy atom. The Labute approximate surface area is 152 Å². The number of anilines is 1. The second-order valence-electron chi connectivity index (χ2n) is 6.11. The number of hydrogen-bond acceptors (Lipinski definition) is 7. The van der Waals surface area contributed by atoms with Crippen LogP contribution in [0.3, 0.4) is 0 Å². The Morgan fingerprint density at radius 2 is 1.70 bits per heavy atom. The third-order valence-corrected chi connectivity index (χ3v) is 3.84. The fourth-order valence-corrected chi connectivity index (χ4v) is 2.72. The van der Waals surface area contributed by atoms with Crippen LogP contribution in [0.5, 0.6) is 0 Å². The Morgan fingerprint density at radius 3 is 2.26 bits per heavy atom. The smallest absolute Gasteiger partial charge is 0.300 e. The van der Waals surface area contributed by atoms with Gasteiger partial charge in [-0.1, -0.05) is 12.1 Å². The van der Waals surface area contributed by atoms with Gasteiger partial charge in [0.15, 0.2) is 5.69 Å². The van der Waals surface area contributed by atoms with E-state index in [4.69, 9.17) is 0 Å². The molecule has 0 fully saturated rings. The van der Waals surface area contributed by atoms with Crippen LogP contribution in [0.15, 0.2) is 42.7 Å². The van der Waals surface area contributed by atoms with Crippen LogP contribution < -0.4 is 5.32 Å². The molecule has 0 aliphatic carbocycles. The highest BCUT2D eigenvalue weighted by Crippen LogP contribution is 2.36. The first-order valence-electron chi connectivity index (χ1n) is 7.99. The minimum absolute atomic E-state index is 0.175. The zero-order valence-electron chi connectivity index (χ0n) is 14.4. The van der Waals surface area contributed by atoms with Crippen molar-refractivity contribution < 1.29 is 14.6 Å². The van der Waals surface area contributed by atoms with Gasteiger partial charge in [0.1, 0.15) is 6.33 Å². The molecule has 0 aliphatic heterocycles. The molecule has 138 valence electrons. The molecule has 0 saturated heterocycles. The molecule has 3 rings (SSSR count). The van der Waals surface area contributed by atoms with Crippen LogP contribution in [-0.2, 0) is 0 Å². The minimum atomic E-state index is -0.749. The second-order valence-corrected chi connectivity index (χ2v) is 6.11. The van der Waals surface area contributed by atoms with E-state index >= 15 is 0 Å². The molecule has 0 saturated carbocycles. The van der Waals surface area contributed by atoms with Gasteiger partial charge in [-0.25, -0.2) is 4.98 Å². The number of nitro groups is 2. The number of nitro benzene ring substituents is 2. The molecule has 3 aromatic rings. The average Bonchev–Trinajstić information content (AvgIpc) is 3.04. The molecule has 1 N–H and O–H groups in total. The molecule has 0 amide bonds. The lowest BCUT2D eigenvalue weighted by Gasteiger charge is -2.12. The van der Waals surface area contributed by atoms with Crippen molar-refractivity contribution in [2.45, 2.75) is 19.9 Å². The van der Waals surface area contributed by atoms with E-state index in [2.05, 4.69) is 10.3 Å². The summed E-state index contributed by atoms with van der Waals surface area (Å²) in [6.45, 7) is 3.40. The summed E-state index contributed by atoms with van der Waals surface area (Å²) in [6.07, 6.45) is 1.28. The minimum Gasteiger partial charge on any atom is -0.372 e. The van der Waals surface area contributed by atoms with Crippen molar-refractivity contribution >= 4 is 34.0 Å². The van der Waals surface area contributed by atoms with Crippen molar-refractivity contribution in [1.82, 2.24) is 9.55 Å². The lowest BCUT2D eigenvalue weighted by atomic mass is 10.1. The largest absolute Gasteiger partial charge is 0.372 e. The van der Waals surface area contributed by atoms with E-state index in [0.29, 0.717) is 11.0 Å².